The van der Waals surface area contributed by atoms with E-state index in [0.29, 0.717) is 6.04 Å². The number of hydrogen-bond donors (Lipinski definition) is 1. The molecule has 76 valence electrons. The molecule has 1 N–H and O–H groups in total. The Hall–Kier alpha value is -0.410. The highest BCUT2D eigenvalue weighted by Crippen LogP contribution is 2.21. The molecular weight excluding hydrogens is 245 g/mol. The zero-order valence-electron chi connectivity index (χ0n) is 7.89. The lowest BCUT2D eigenvalue weighted by Crippen LogP contribution is -2.23. The maximum Gasteiger partial charge on any atom is 0.124 e. The topological polar surface area (TPSA) is 12.0 Å². The molecule has 0 aliphatic carbocycles. The SMILES string of the molecule is Fc1ccc(CC2CCCN2)c(Br)c1. The predicted molar refractivity (Wildman–Crippen MR) is 58.8 cm³/mol. The van der Waals surface area contributed by atoms with Crippen molar-refractivity contribution in [2.24, 2.45) is 0 Å². The summed E-state index contributed by atoms with van der Waals surface area (Å²) in [4.78, 5) is 0. The van der Waals surface area contributed by atoms with E-state index in [4.69, 9.17) is 0 Å². The minimum atomic E-state index is -0.181. The predicted octanol–water partition coefficient (Wildman–Crippen LogP) is 2.88. The van der Waals surface area contributed by atoms with Crippen LogP contribution < -0.4 is 5.32 Å². The van der Waals surface area contributed by atoms with Gasteiger partial charge < -0.3 is 5.32 Å². The van der Waals surface area contributed by atoms with E-state index in [-0.39, 0.29) is 5.82 Å². The number of halogens is 2. The van der Waals surface area contributed by atoms with Gasteiger partial charge in [0, 0.05) is 10.5 Å². The van der Waals surface area contributed by atoms with E-state index in [0.717, 1.165) is 17.4 Å². The van der Waals surface area contributed by atoms with Crippen LogP contribution in [-0.4, -0.2) is 12.6 Å². The Labute approximate surface area is 91.8 Å². The largest absolute Gasteiger partial charge is 0.314 e. The second-order valence-corrected chi connectivity index (χ2v) is 4.59. The van der Waals surface area contributed by atoms with Crippen molar-refractivity contribution in [2.45, 2.75) is 25.3 Å². The summed E-state index contributed by atoms with van der Waals surface area (Å²) in [6.07, 6.45) is 3.47. The summed E-state index contributed by atoms with van der Waals surface area (Å²) in [5.74, 6) is -0.181. The first-order valence-electron chi connectivity index (χ1n) is 4.93. The van der Waals surface area contributed by atoms with Crippen LogP contribution in [0.4, 0.5) is 4.39 Å². The highest BCUT2D eigenvalue weighted by molar-refractivity contribution is 9.10. The average molecular weight is 258 g/mol. The number of hydrogen-bond acceptors (Lipinski definition) is 1. The fourth-order valence-corrected chi connectivity index (χ4v) is 2.40. The van der Waals surface area contributed by atoms with Crippen LogP contribution in [0.5, 0.6) is 0 Å². The first-order chi connectivity index (χ1) is 6.75. The molecule has 14 heavy (non-hydrogen) atoms. The molecule has 1 aliphatic heterocycles. The van der Waals surface area contributed by atoms with Crippen LogP contribution in [0.25, 0.3) is 0 Å². The summed E-state index contributed by atoms with van der Waals surface area (Å²) in [5, 5.41) is 3.43. The minimum Gasteiger partial charge on any atom is -0.314 e. The molecule has 1 heterocycles. The molecule has 0 bridgehead atoms. The minimum absolute atomic E-state index is 0.181. The Bertz CT molecular complexity index is 321. The molecule has 0 saturated carbocycles. The lowest BCUT2D eigenvalue weighted by molar-refractivity contribution is 0.597. The Morgan fingerprint density at radius 1 is 1.50 bits per heavy atom. The molecule has 1 nitrogen and oxygen atoms in total. The Morgan fingerprint density at radius 3 is 3.00 bits per heavy atom. The molecule has 0 spiro atoms. The highest BCUT2D eigenvalue weighted by atomic mass is 79.9. The first kappa shape index (κ1) is 10.1. The smallest absolute Gasteiger partial charge is 0.124 e. The van der Waals surface area contributed by atoms with Crippen molar-refractivity contribution in [1.82, 2.24) is 5.32 Å². The summed E-state index contributed by atoms with van der Waals surface area (Å²) in [7, 11) is 0. The van der Waals surface area contributed by atoms with Crippen molar-refractivity contribution >= 4 is 15.9 Å². The maximum atomic E-state index is 12.8. The Morgan fingerprint density at radius 2 is 2.36 bits per heavy atom. The Balaban J connectivity index is 2.08. The number of benzene rings is 1. The summed E-state index contributed by atoms with van der Waals surface area (Å²) in [5.41, 5.74) is 1.19. The van der Waals surface area contributed by atoms with Gasteiger partial charge in [-0.2, -0.15) is 0 Å². The van der Waals surface area contributed by atoms with Crippen molar-refractivity contribution < 1.29 is 4.39 Å². The van der Waals surface area contributed by atoms with Gasteiger partial charge >= 0.3 is 0 Å². The molecule has 0 aromatic heterocycles. The van der Waals surface area contributed by atoms with E-state index < -0.39 is 0 Å². The van der Waals surface area contributed by atoms with Gasteiger partial charge in [-0.05, 0) is 43.5 Å². The van der Waals surface area contributed by atoms with Gasteiger partial charge in [0.15, 0.2) is 0 Å². The van der Waals surface area contributed by atoms with Gasteiger partial charge in [0.25, 0.3) is 0 Å². The first-order valence-corrected chi connectivity index (χ1v) is 5.72. The lowest BCUT2D eigenvalue weighted by Gasteiger charge is -2.11. The molecule has 1 aromatic carbocycles. The summed E-state index contributed by atoms with van der Waals surface area (Å²) >= 11 is 3.39. The maximum absolute atomic E-state index is 12.8. The fraction of sp³-hybridized carbons (Fsp3) is 0.455. The molecule has 0 amide bonds. The zero-order valence-corrected chi connectivity index (χ0v) is 9.48. The van der Waals surface area contributed by atoms with Gasteiger partial charge in [-0.3, -0.25) is 0 Å². The quantitative estimate of drug-likeness (QED) is 0.860. The molecule has 3 heteroatoms. The van der Waals surface area contributed by atoms with E-state index in [9.17, 15) is 4.39 Å². The number of rotatable bonds is 2. The second kappa shape index (κ2) is 4.41. The molecular formula is C11H13BrFN. The third-order valence-corrected chi connectivity index (χ3v) is 3.38. The van der Waals surface area contributed by atoms with Crippen molar-refractivity contribution in [3.8, 4) is 0 Å². The van der Waals surface area contributed by atoms with E-state index >= 15 is 0 Å². The van der Waals surface area contributed by atoms with Crippen LogP contribution in [0.2, 0.25) is 0 Å². The molecule has 1 aromatic rings. The zero-order chi connectivity index (χ0) is 9.97. The molecule has 1 fully saturated rings. The molecule has 1 atom stereocenters. The van der Waals surface area contributed by atoms with Crippen LogP contribution in [0.1, 0.15) is 18.4 Å². The van der Waals surface area contributed by atoms with Crippen LogP contribution in [0.15, 0.2) is 22.7 Å². The highest BCUT2D eigenvalue weighted by Gasteiger charge is 2.15. The van der Waals surface area contributed by atoms with E-state index in [2.05, 4.69) is 21.2 Å². The van der Waals surface area contributed by atoms with E-state index in [1.54, 1.807) is 0 Å². The third-order valence-electron chi connectivity index (χ3n) is 2.64. The summed E-state index contributed by atoms with van der Waals surface area (Å²) in [6.45, 7) is 1.11. The molecule has 1 aliphatic rings. The van der Waals surface area contributed by atoms with Gasteiger partial charge in [-0.1, -0.05) is 22.0 Å². The van der Waals surface area contributed by atoms with Crippen LogP contribution >= 0.6 is 15.9 Å². The Kier molecular flexibility index (Phi) is 3.19. The van der Waals surface area contributed by atoms with Crippen LogP contribution in [0, 0.1) is 5.82 Å². The van der Waals surface area contributed by atoms with Crippen LogP contribution in [0.3, 0.4) is 0 Å². The molecule has 1 unspecified atom stereocenters. The molecule has 0 radical (unpaired) electrons. The van der Waals surface area contributed by atoms with Gasteiger partial charge in [0.2, 0.25) is 0 Å². The van der Waals surface area contributed by atoms with Crippen molar-refractivity contribution in [3.63, 3.8) is 0 Å². The fourth-order valence-electron chi connectivity index (χ4n) is 1.88. The second-order valence-electron chi connectivity index (χ2n) is 3.73. The van der Waals surface area contributed by atoms with Crippen molar-refractivity contribution in [2.75, 3.05) is 6.54 Å². The van der Waals surface area contributed by atoms with Gasteiger partial charge in [0.05, 0.1) is 0 Å². The standard InChI is InChI=1S/C11H13BrFN/c12-11-7-9(13)4-3-8(11)6-10-2-1-5-14-10/h3-4,7,10,14H,1-2,5-6H2. The monoisotopic (exact) mass is 257 g/mol. The molecule has 1 saturated heterocycles. The van der Waals surface area contributed by atoms with E-state index in [1.165, 1.54) is 30.5 Å². The van der Waals surface area contributed by atoms with Gasteiger partial charge in [-0.15, -0.1) is 0 Å². The molecule has 2 rings (SSSR count). The summed E-state index contributed by atoms with van der Waals surface area (Å²) in [6, 6.07) is 5.48. The third kappa shape index (κ3) is 2.34. The van der Waals surface area contributed by atoms with Gasteiger partial charge in [0.1, 0.15) is 5.82 Å². The van der Waals surface area contributed by atoms with E-state index in [1.807, 2.05) is 6.07 Å². The lowest BCUT2D eigenvalue weighted by atomic mass is 10.0. The summed E-state index contributed by atoms with van der Waals surface area (Å²) < 4.78 is 13.7. The van der Waals surface area contributed by atoms with Gasteiger partial charge in [-0.25, -0.2) is 4.39 Å². The number of nitrogens with one attached hydrogen (secondary N) is 1. The average Bonchev–Trinajstić information content (AvgIpc) is 2.62. The normalized spacial score (nSPS) is 21.4. The van der Waals surface area contributed by atoms with Crippen molar-refractivity contribution in [3.05, 3.63) is 34.1 Å². The van der Waals surface area contributed by atoms with Crippen LogP contribution in [-0.2, 0) is 6.42 Å². The van der Waals surface area contributed by atoms with Crippen molar-refractivity contribution in [1.29, 1.82) is 0 Å².